The number of benzene rings is 2. The van der Waals surface area contributed by atoms with Crippen LogP contribution in [0.4, 0.5) is 5.13 Å². The summed E-state index contributed by atoms with van der Waals surface area (Å²) in [5, 5.41) is 17.7. The number of thioether (sulfide) groups is 1. The van der Waals surface area contributed by atoms with Gasteiger partial charge in [-0.15, -0.1) is 16.4 Å². The first kappa shape index (κ1) is 19.3. The van der Waals surface area contributed by atoms with E-state index in [0.29, 0.717) is 10.3 Å². The van der Waals surface area contributed by atoms with E-state index >= 15 is 0 Å². The summed E-state index contributed by atoms with van der Waals surface area (Å²) in [4.78, 5) is 16.9. The Morgan fingerprint density at radius 1 is 1.14 bits per heavy atom. The molecule has 0 saturated carbocycles. The van der Waals surface area contributed by atoms with E-state index in [1.165, 1.54) is 28.7 Å². The van der Waals surface area contributed by atoms with E-state index < -0.39 is 0 Å². The van der Waals surface area contributed by atoms with Gasteiger partial charge in [-0.3, -0.25) is 4.79 Å². The summed E-state index contributed by atoms with van der Waals surface area (Å²) >= 11 is 2.68. The minimum absolute atomic E-state index is 0.154. The number of aromatic nitrogens is 5. The van der Waals surface area contributed by atoms with Gasteiger partial charge in [0.25, 0.3) is 0 Å². The SMILES string of the molecule is Cc1ccc(-c2csc(NC(=O)CSc3nnnn3-c3cccc(C)c3)n2)cc1. The highest BCUT2D eigenvalue weighted by atomic mass is 32.2. The Hall–Kier alpha value is -3.04. The van der Waals surface area contributed by atoms with E-state index in [2.05, 4.69) is 25.8 Å². The fraction of sp³-hybridized carbons (Fsp3) is 0.150. The lowest BCUT2D eigenvalue weighted by atomic mass is 10.1. The predicted molar refractivity (Wildman–Crippen MR) is 116 cm³/mol. The first-order valence-corrected chi connectivity index (χ1v) is 10.8. The van der Waals surface area contributed by atoms with Crippen molar-refractivity contribution in [3.05, 3.63) is 65.0 Å². The summed E-state index contributed by atoms with van der Waals surface area (Å²) < 4.78 is 1.63. The van der Waals surface area contributed by atoms with Crippen LogP contribution in [-0.2, 0) is 4.79 Å². The first-order valence-electron chi connectivity index (χ1n) is 8.89. The van der Waals surface area contributed by atoms with Crippen molar-refractivity contribution in [2.45, 2.75) is 19.0 Å². The molecule has 4 rings (SSSR count). The van der Waals surface area contributed by atoms with Crippen molar-refractivity contribution in [2.24, 2.45) is 0 Å². The molecule has 9 heteroatoms. The van der Waals surface area contributed by atoms with Crippen LogP contribution in [0, 0.1) is 13.8 Å². The second-order valence-corrected chi connectivity index (χ2v) is 8.25. The van der Waals surface area contributed by atoms with Gasteiger partial charge in [0.2, 0.25) is 11.1 Å². The molecule has 0 fully saturated rings. The molecule has 2 aromatic carbocycles. The average Bonchev–Trinajstić information content (AvgIpc) is 3.36. The number of hydrogen-bond acceptors (Lipinski definition) is 7. The van der Waals surface area contributed by atoms with Crippen LogP contribution in [-0.4, -0.2) is 36.9 Å². The molecule has 0 aliphatic rings. The normalized spacial score (nSPS) is 10.8. The van der Waals surface area contributed by atoms with Crippen molar-refractivity contribution in [3.8, 4) is 16.9 Å². The number of nitrogens with zero attached hydrogens (tertiary/aromatic N) is 5. The number of carbonyl (C=O) groups excluding carboxylic acids is 1. The van der Waals surface area contributed by atoms with E-state index in [0.717, 1.165) is 22.5 Å². The van der Waals surface area contributed by atoms with Crippen molar-refractivity contribution in [1.82, 2.24) is 25.2 Å². The van der Waals surface area contributed by atoms with E-state index in [4.69, 9.17) is 0 Å². The quantitative estimate of drug-likeness (QED) is 0.470. The van der Waals surface area contributed by atoms with Crippen molar-refractivity contribution in [2.75, 3.05) is 11.1 Å². The monoisotopic (exact) mass is 422 g/mol. The fourth-order valence-electron chi connectivity index (χ4n) is 2.66. The maximum absolute atomic E-state index is 12.4. The molecule has 0 atom stereocenters. The fourth-order valence-corrected chi connectivity index (χ4v) is 4.09. The maximum atomic E-state index is 12.4. The van der Waals surface area contributed by atoms with Gasteiger partial charge in [-0.05, 0) is 42.0 Å². The van der Waals surface area contributed by atoms with Crippen molar-refractivity contribution in [3.63, 3.8) is 0 Å². The summed E-state index contributed by atoms with van der Waals surface area (Å²) in [6.45, 7) is 4.05. The number of carbonyl (C=O) groups is 1. The number of thiazole rings is 1. The second kappa shape index (κ2) is 8.54. The molecule has 1 amide bonds. The van der Waals surface area contributed by atoms with Crippen molar-refractivity contribution < 1.29 is 4.79 Å². The van der Waals surface area contributed by atoms with Gasteiger partial charge in [0.1, 0.15) is 0 Å². The number of nitrogens with one attached hydrogen (secondary N) is 1. The molecule has 1 N–H and O–H groups in total. The number of aryl methyl sites for hydroxylation is 2. The number of anilines is 1. The lowest BCUT2D eigenvalue weighted by molar-refractivity contribution is -0.113. The summed E-state index contributed by atoms with van der Waals surface area (Å²) in [6, 6.07) is 16.0. The maximum Gasteiger partial charge on any atom is 0.236 e. The molecule has 0 aliphatic carbocycles. The van der Waals surface area contributed by atoms with Crippen LogP contribution in [0.2, 0.25) is 0 Å². The highest BCUT2D eigenvalue weighted by Gasteiger charge is 2.13. The Morgan fingerprint density at radius 2 is 1.97 bits per heavy atom. The molecule has 29 heavy (non-hydrogen) atoms. The van der Waals surface area contributed by atoms with Crippen LogP contribution in [0.5, 0.6) is 0 Å². The summed E-state index contributed by atoms with van der Waals surface area (Å²) in [5.41, 5.74) is 5.04. The highest BCUT2D eigenvalue weighted by Crippen LogP contribution is 2.25. The third kappa shape index (κ3) is 4.69. The largest absolute Gasteiger partial charge is 0.301 e. The molecule has 0 spiro atoms. The number of rotatable bonds is 6. The number of tetrazole rings is 1. The molecule has 0 bridgehead atoms. The van der Waals surface area contributed by atoms with Crippen LogP contribution >= 0.6 is 23.1 Å². The molecule has 0 unspecified atom stereocenters. The summed E-state index contributed by atoms with van der Waals surface area (Å²) in [5.74, 6) is 0.0321. The number of amides is 1. The molecular formula is C20H18N6OS2. The van der Waals surface area contributed by atoms with Crippen molar-refractivity contribution in [1.29, 1.82) is 0 Å². The Labute approximate surface area is 176 Å². The van der Waals surface area contributed by atoms with Crippen LogP contribution in [0.1, 0.15) is 11.1 Å². The van der Waals surface area contributed by atoms with Gasteiger partial charge in [-0.25, -0.2) is 4.98 Å². The molecule has 7 nitrogen and oxygen atoms in total. The van der Waals surface area contributed by atoms with Gasteiger partial charge < -0.3 is 5.32 Å². The zero-order valence-electron chi connectivity index (χ0n) is 15.9. The molecule has 4 aromatic rings. The molecule has 2 aromatic heterocycles. The molecule has 2 heterocycles. The zero-order valence-corrected chi connectivity index (χ0v) is 17.5. The molecule has 146 valence electrons. The standard InChI is InChI=1S/C20H18N6OS2/c1-13-6-8-15(9-7-13)17-11-28-19(21-17)22-18(27)12-29-20-23-24-25-26(20)16-5-3-4-14(2)10-16/h3-11H,12H2,1-2H3,(H,21,22,27). The lowest BCUT2D eigenvalue weighted by Crippen LogP contribution is -2.14. The summed E-state index contributed by atoms with van der Waals surface area (Å²) in [7, 11) is 0. The van der Waals surface area contributed by atoms with E-state index in [9.17, 15) is 4.79 Å². The third-order valence-corrected chi connectivity index (χ3v) is 5.79. The van der Waals surface area contributed by atoms with Gasteiger partial charge >= 0.3 is 0 Å². The lowest BCUT2D eigenvalue weighted by Gasteiger charge is -2.05. The van der Waals surface area contributed by atoms with Crippen LogP contribution in [0.15, 0.2) is 59.1 Å². The minimum atomic E-state index is -0.154. The molecule has 0 radical (unpaired) electrons. The Kier molecular flexibility index (Phi) is 5.68. The average molecular weight is 423 g/mol. The second-order valence-electron chi connectivity index (χ2n) is 6.45. The van der Waals surface area contributed by atoms with Crippen LogP contribution in [0.25, 0.3) is 16.9 Å². The minimum Gasteiger partial charge on any atom is -0.301 e. The van der Waals surface area contributed by atoms with Crippen molar-refractivity contribution >= 4 is 34.1 Å². The van der Waals surface area contributed by atoms with Gasteiger partial charge in [0.15, 0.2) is 5.13 Å². The Bertz CT molecular complexity index is 1140. The Morgan fingerprint density at radius 3 is 2.76 bits per heavy atom. The predicted octanol–water partition coefficient (Wildman–Crippen LogP) is 4.13. The van der Waals surface area contributed by atoms with E-state index in [1.807, 2.05) is 67.8 Å². The Balaban J connectivity index is 1.38. The summed E-state index contributed by atoms with van der Waals surface area (Å²) in [6.07, 6.45) is 0. The van der Waals surface area contributed by atoms with Crippen LogP contribution in [0.3, 0.4) is 0 Å². The van der Waals surface area contributed by atoms with E-state index in [-0.39, 0.29) is 11.7 Å². The smallest absolute Gasteiger partial charge is 0.236 e. The first-order chi connectivity index (χ1) is 14.1. The third-order valence-electron chi connectivity index (χ3n) is 4.12. The number of hydrogen-bond donors (Lipinski definition) is 1. The topological polar surface area (TPSA) is 85.6 Å². The highest BCUT2D eigenvalue weighted by molar-refractivity contribution is 7.99. The van der Waals surface area contributed by atoms with Gasteiger partial charge in [0.05, 0.1) is 17.1 Å². The molecular weight excluding hydrogens is 404 g/mol. The van der Waals surface area contributed by atoms with Gasteiger partial charge in [-0.1, -0.05) is 53.7 Å². The van der Waals surface area contributed by atoms with Crippen LogP contribution < -0.4 is 5.32 Å². The molecule has 0 aliphatic heterocycles. The zero-order chi connectivity index (χ0) is 20.2. The van der Waals surface area contributed by atoms with Gasteiger partial charge in [0, 0.05) is 10.9 Å². The van der Waals surface area contributed by atoms with Gasteiger partial charge in [-0.2, -0.15) is 4.68 Å². The molecule has 0 saturated heterocycles. The van der Waals surface area contributed by atoms with E-state index in [1.54, 1.807) is 4.68 Å².